The molecule has 2 aliphatic heterocycles. The zero-order valence-electron chi connectivity index (χ0n) is 16.9. The molecule has 2 fully saturated rings. The summed E-state index contributed by atoms with van der Waals surface area (Å²) in [6.45, 7) is 2.54. The summed E-state index contributed by atoms with van der Waals surface area (Å²) in [4.78, 5) is 27.6. The number of carbonyl (C=O) groups is 2. The van der Waals surface area contributed by atoms with Gasteiger partial charge in [0.15, 0.2) is 0 Å². The summed E-state index contributed by atoms with van der Waals surface area (Å²) >= 11 is 0. The van der Waals surface area contributed by atoms with Gasteiger partial charge in [0.25, 0.3) is 5.91 Å². The molecule has 2 saturated heterocycles. The molecule has 0 radical (unpaired) electrons. The number of rotatable bonds is 4. The average molecular weight is 392 g/mol. The van der Waals surface area contributed by atoms with Crippen LogP contribution >= 0.6 is 0 Å². The number of nitrogens with zero attached hydrogens (tertiary/aromatic N) is 1. The summed E-state index contributed by atoms with van der Waals surface area (Å²) in [6, 6.07) is 18.2. The molecule has 2 bridgehead atoms. The van der Waals surface area contributed by atoms with Crippen molar-refractivity contribution in [2.24, 2.45) is 0 Å². The highest BCUT2D eigenvalue weighted by Gasteiger charge is 2.41. The van der Waals surface area contributed by atoms with Crippen molar-refractivity contribution in [1.29, 1.82) is 0 Å². The predicted octanol–water partition coefficient (Wildman–Crippen LogP) is 4.02. The molecule has 2 unspecified atom stereocenters. The number of hydrogen-bond donors (Lipinski definition) is 2. The Hall–Kier alpha value is -2.82. The van der Waals surface area contributed by atoms with Crippen LogP contribution in [0.5, 0.6) is 0 Å². The number of nitrogens with one attached hydrogen (secondary N) is 2. The molecule has 0 aromatic heterocycles. The molecule has 2 N–H and O–H groups in total. The van der Waals surface area contributed by atoms with Crippen LogP contribution in [0, 0.1) is 6.92 Å². The first-order chi connectivity index (χ1) is 14.1. The Morgan fingerprint density at radius 2 is 1.72 bits per heavy atom. The molecule has 2 aliphatic rings. The molecular formula is C24H29N3O2. The molecular weight excluding hydrogens is 362 g/mol. The van der Waals surface area contributed by atoms with Gasteiger partial charge in [0, 0.05) is 30.2 Å². The maximum Gasteiger partial charge on any atom is 0.318 e. The van der Waals surface area contributed by atoms with Gasteiger partial charge >= 0.3 is 6.03 Å². The molecule has 0 spiro atoms. The molecule has 2 heterocycles. The minimum absolute atomic E-state index is 0.0150. The number of fused-ring (bicyclic) bond motifs is 2. The number of urea groups is 1. The molecule has 0 aliphatic carbocycles. The lowest BCUT2D eigenvalue weighted by Crippen LogP contribution is -2.60. The molecule has 4 rings (SSSR count). The van der Waals surface area contributed by atoms with E-state index >= 15 is 0 Å². The SMILES string of the molecule is Cc1cccc(C(=O)NC2CC3CCCC(C2)N3C(=O)NCc2ccccc2)c1. The van der Waals surface area contributed by atoms with Crippen LogP contribution in [0.25, 0.3) is 0 Å². The van der Waals surface area contributed by atoms with Crippen molar-refractivity contribution >= 4 is 11.9 Å². The van der Waals surface area contributed by atoms with Gasteiger partial charge < -0.3 is 15.5 Å². The van der Waals surface area contributed by atoms with E-state index in [9.17, 15) is 9.59 Å². The van der Waals surface area contributed by atoms with Crippen LogP contribution in [0.1, 0.15) is 53.6 Å². The highest BCUT2D eigenvalue weighted by molar-refractivity contribution is 5.94. The minimum Gasteiger partial charge on any atom is -0.349 e. The molecule has 29 heavy (non-hydrogen) atoms. The van der Waals surface area contributed by atoms with Crippen molar-refractivity contribution in [3.63, 3.8) is 0 Å². The van der Waals surface area contributed by atoms with Crippen LogP contribution in [0.3, 0.4) is 0 Å². The van der Waals surface area contributed by atoms with Gasteiger partial charge in [0.05, 0.1) is 0 Å². The topological polar surface area (TPSA) is 61.4 Å². The van der Waals surface area contributed by atoms with E-state index < -0.39 is 0 Å². The lowest BCUT2D eigenvalue weighted by atomic mass is 9.82. The Morgan fingerprint density at radius 1 is 1.00 bits per heavy atom. The Morgan fingerprint density at radius 3 is 2.41 bits per heavy atom. The summed E-state index contributed by atoms with van der Waals surface area (Å²) in [5.41, 5.74) is 2.89. The van der Waals surface area contributed by atoms with Crippen molar-refractivity contribution in [2.45, 2.75) is 63.7 Å². The third-order valence-electron chi connectivity index (χ3n) is 6.11. The second kappa shape index (κ2) is 8.68. The first kappa shape index (κ1) is 19.5. The zero-order chi connectivity index (χ0) is 20.2. The van der Waals surface area contributed by atoms with Gasteiger partial charge in [-0.05, 0) is 56.7 Å². The summed E-state index contributed by atoms with van der Waals surface area (Å²) < 4.78 is 0. The van der Waals surface area contributed by atoms with E-state index in [1.54, 1.807) is 0 Å². The largest absolute Gasteiger partial charge is 0.349 e. The molecule has 2 aromatic carbocycles. The van der Waals surface area contributed by atoms with Gasteiger partial charge in [-0.15, -0.1) is 0 Å². The highest BCUT2D eigenvalue weighted by Crippen LogP contribution is 2.34. The van der Waals surface area contributed by atoms with E-state index in [-0.39, 0.29) is 30.1 Å². The normalized spacial score (nSPS) is 23.3. The maximum absolute atomic E-state index is 12.9. The lowest BCUT2D eigenvalue weighted by Gasteiger charge is -2.48. The number of hydrogen-bond acceptors (Lipinski definition) is 2. The molecule has 5 heteroatoms. The van der Waals surface area contributed by atoms with Gasteiger partial charge in [-0.3, -0.25) is 4.79 Å². The van der Waals surface area contributed by atoms with E-state index in [1.165, 1.54) is 0 Å². The average Bonchev–Trinajstić information content (AvgIpc) is 2.72. The van der Waals surface area contributed by atoms with Crippen LogP contribution in [0.4, 0.5) is 4.79 Å². The van der Waals surface area contributed by atoms with Crippen molar-refractivity contribution in [2.75, 3.05) is 0 Å². The third kappa shape index (κ3) is 4.61. The molecule has 0 saturated carbocycles. The number of aryl methyl sites for hydroxylation is 1. The molecule has 2 aromatic rings. The van der Waals surface area contributed by atoms with Crippen molar-refractivity contribution in [3.05, 3.63) is 71.3 Å². The fraction of sp³-hybridized carbons (Fsp3) is 0.417. The molecule has 3 amide bonds. The van der Waals surface area contributed by atoms with Crippen molar-refractivity contribution in [3.8, 4) is 0 Å². The summed E-state index contributed by atoms with van der Waals surface area (Å²) in [5.74, 6) is -0.0150. The standard InChI is InChI=1S/C24H29N3O2/c1-17-7-5-10-19(13-17)23(28)26-20-14-21-11-6-12-22(15-20)27(21)24(29)25-16-18-8-3-2-4-9-18/h2-5,7-10,13,20-22H,6,11-12,14-16H2,1H3,(H,25,29)(H,26,28). The maximum atomic E-state index is 12.9. The summed E-state index contributed by atoms with van der Waals surface area (Å²) in [7, 11) is 0. The van der Waals surface area contributed by atoms with E-state index in [4.69, 9.17) is 0 Å². The van der Waals surface area contributed by atoms with Crippen LogP contribution in [0.15, 0.2) is 54.6 Å². The highest BCUT2D eigenvalue weighted by atomic mass is 16.2. The minimum atomic E-state index is -0.0150. The van der Waals surface area contributed by atoms with Crippen LogP contribution in [-0.4, -0.2) is 35.0 Å². The summed E-state index contributed by atoms with van der Waals surface area (Å²) in [5, 5.41) is 6.30. The van der Waals surface area contributed by atoms with Gasteiger partial charge in [-0.2, -0.15) is 0 Å². The number of piperidine rings is 2. The number of amides is 3. The number of carbonyl (C=O) groups excluding carboxylic acids is 2. The Labute approximate surface area is 172 Å². The van der Waals surface area contributed by atoms with Gasteiger partial charge in [-0.25, -0.2) is 4.79 Å². The Balaban J connectivity index is 1.37. The van der Waals surface area contributed by atoms with E-state index in [0.717, 1.165) is 43.2 Å². The molecule has 152 valence electrons. The second-order valence-corrected chi connectivity index (χ2v) is 8.30. The van der Waals surface area contributed by atoms with Gasteiger partial charge in [0.2, 0.25) is 0 Å². The Bertz CT molecular complexity index is 853. The van der Waals surface area contributed by atoms with Crippen LogP contribution in [-0.2, 0) is 6.54 Å². The van der Waals surface area contributed by atoms with Gasteiger partial charge in [0.1, 0.15) is 0 Å². The number of benzene rings is 2. The fourth-order valence-electron chi connectivity index (χ4n) is 4.75. The van der Waals surface area contributed by atoms with E-state index in [0.29, 0.717) is 12.1 Å². The molecule has 5 nitrogen and oxygen atoms in total. The third-order valence-corrected chi connectivity index (χ3v) is 6.11. The summed E-state index contributed by atoms with van der Waals surface area (Å²) in [6.07, 6.45) is 4.81. The predicted molar refractivity (Wildman–Crippen MR) is 114 cm³/mol. The first-order valence-corrected chi connectivity index (χ1v) is 10.6. The molecule has 2 atom stereocenters. The van der Waals surface area contributed by atoms with Crippen molar-refractivity contribution in [1.82, 2.24) is 15.5 Å². The zero-order valence-corrected chi connectivity index (χ0v) is 16.9. The monoisotopic (exact) mass is 391 g/mol. The van der Waals surface area contributed by atoms with Crippen LogP contribution < -0.4 is 10.6 Å². The Kier molecular flexibility index (Phi) is 5.84. The second-order valence-electron chi connectivity index (χ2n) is 8.30. The lowest BCUT2D eigenvalue weighted by molar-refractivity contribution is 0.0522. The van der Waals surface area contributed by atoms with Crippen LogP contribution in [0.2, 0.25) is 0 Å². The van der Waals surface area contributed by atoms with E-state index in [2.05, 4.69) is 10.6 Å². The van der Waals surface area contributed by atoms with Crippen molar-refractivity contribution < 1.29 is 9.59 Å². The quantitative estimate of drug-likeness (QED) is 0.827. The van der Waals surface area contributed by atoms with Gasteiger partial charge in [-0.1, -0.05) is 48.0 Å². The van der Waals surface area contributed by atoms with E-state index in [1.807, 2.05) is 66.4 Å². The fourth-order valence-corrected chi connectivity index (χ4v) is 4.75. The smallest absolute Gasteiger partial charge is 0.318 e. The first-order valence-electron chi connectivity index (χ1n) is 10.6.